The lowest BCUT2D eigenvalue weighted by atomic mass is 10.2. The Morgan fingerprint density at radius 2 is 1.72 bits per heavy atom. The van der Waals surface area contributed by atoms with E-state index in [-0.39, 0.29) is 12.5 Å². The maximum absolute atomic E-state index is 11.8. The topological polar surface area (TPSA) is 78.4 Å². The normalized spacial score (nSPS) is 10.4. The molecule has 0 heterocycles. The van der Waals surface area contributed by atoms with Crippen LogP contribution in [0.25, 0.3) is 0 Å². The number of hydrogen-bond donors (Lipinski definition) is 1. The third-order valence-corrected chi connectivity index (χ3v) is 3.24. The first-order valence-corrected chi connectivity index (χ1v) is 7.47. The molecule has 0 radical (unpaired) electrons. The minimum Gasteiger partial charge on any atom is -0.497 e. The molecular formula is C18H20N2O5. The Morgan fingerprint density at radius 1 is 1.00 bits per heavy atom. The van der Waals surface area contributed by atoms with Crippen molar-refractivity contribution in [3.8, 4) is 23.0 Å². The van der Waals surface area contributed by atoms with E-state index in [1.807, 2.05) is 0 Å². The van der Waals surface area contributed by atoms with Crippen LogP contribution in [-0.4, -0.2) is 40.1 Å². The number of hydrazone groups is 1. The molecule has 132 valence electrons. The molecule has 7 nitrogen and oxygen atoms in total. The van der Waals surface area contributed by atoms with E-state index in [0.29, 0.717) is 28.6 Å². The summed E-state index contributed by atoms with van der Waals surface area (Å²) in [6, 6.07) is 12.3. The summed E-state index contributed by atoms with van der Waals surface area (Å²) in [5.41, 5.74) is 3.10. The van der Waals surface area contributed by atoms with Gasteiger partial charge in [-0.15, -0.1) is 0 Å². The van der Waals surface area contributed by atoms with Gasteiger partial charge in [0.2, 0.25) is 0 Å². The van der Waals surface area contributed by atoms with Crippen molar-refractivity contribution in [3.05, 3.63) is 48.0 Å². The molecule has 0 fully saturated rings. The van der Waals surface area contributed by atoms with Crippen molar-refractivity contribution in [3.63, 3.8) is 0 Å². The summed E-state index contributed by atoms with van der Waals surface area (Å²) in [6.07, 6.45) is 1.49. The molecule has 0 aliphatic rings. The van der Waals surface area contributed by atoms with Gasteiger partial charge in [-0.1, -0.05) is 6.07 Å². The Balaban J connectivity index is 1.88. The summed E-state index contributed by atoms with van der Waals surface area (Å²) in [5.74, 6) is 2.07. The van der Waals surface area contributed by atoms with E-state index in [2.05, 4.69) is 10.5 Å². The second-order valence-electron chi connectivity index (χ2n) is 4.87. The zero-order valence-electron chi connectivity index (χ0n) is 14.3. The molecular weight excluding hydrogens is 324 g/mol. The zero-order chi connectivity index (χ0) is 18.1. The Bertz CT molecular complexity index is 746. The number of benzene rings is 2. The van der Waals surface area contributed by atoms with Crippen molar-refractivity contribution in [2.24, 2.45) is 5.10 Å². The molecule has 2 aromatic carbocycles. The lowest BCUT2D eigenvalue weighted by Gasteiger charge is -2.07. The van der Waals surface area contributed by atoms with Crippen LogP contribution in [0.15, 0.2) is 47.6 Å². The van der Waals surface area contributed by atoms with Gasteiger partial charge in [-0.3, -0.25) is 4.79 Å². The van der Waals surface area contributed by atoms with Gasteiger partial charge in [-0.05, 0) is 24.3 Å². The summed E-state index contributed by atoms with van der Waals surface area (Å²) in [6.45, 7) is -0.162. The van der Waals surface area contributed by atoms with Crippen LogP contribution in [0.3, 0.4) is 0 Å². The molecule has 0 saturated carbocycles. The van der Waals surface area contributed by atoms with Crippen molar-refractivity contribution in [1.29, 1.82) is 0 Å². The van der Waals surface area contributed by atoms with E-state index in [4.69, 9.17) is 18.9 Å². The van der Waals surface area contributed by atoms with Crippen molar-refractivity contribution < 1.29 is 23.7 Å². The molecule has 2 rings (SSSR count). The van der Waals surface area contributed by atoms with Crippen molar-refractivity contribution >= 4 is 12.1 Å². The monoisotopic (exact) mass is 344 g/mol. The smallest absolute Gasteiger partial charge is 0.277 e. The second-order valence-corrected chi connectivity index (χ2v) is 4.87. The Labute approximate surface area is 146 Å². The number of amides is 1. The number of hydrogen-bond acceptors (Lipinski definition) is 6. The SMILES string of the molecule is COc1cccc(OCC(=O)N/N=C/c2ccc(OC)cc2OC)c1. The number of ether oxygens (including phenoxy) is 4. The van der Waals surface area contributed by atoms with Crippen molar-refractivity contribution in [2.75, 3.05) is 27.9 Å². The standard InChI is InChI=1S/C18H20N2O5/c1-22-14-5-4-6-16(9-14)25-12-18(21)20-19-11-13-7-8-15(23-2)10-17(13)24-3/h4-11H,12H2,1-3H3,(H,20,21)/b19-11+. The van der Waals surface area contributed by atoms with Gasteiger partial charge in [0.15, 0.2) is 6.61 Å². The summed E-state index contributed by atoms with van der Waals surface area (Å²) >= 11 is 0. The lowest BCUT2D eigenvalue weighted by molar-refractivity contribution is -0.123. The molecule has 0 atom stereocenters. The second kappa shape index (κ2) is 9.17. The fourth-order valence-electron chi connectivity index (χ4n) is 1.97. The van der Waals surface area contributed by atoms with E-state index >= 15 is 0 Å². The molecule has 0 aliphatic carbocycles. The van der Waals surface area contributed by atoms with Crippen molar-refractivity contribution in [1.82, 2.24) is 5.43 Å². The van der Waals surface area contributed by atoms with Gasteiger partial charge in [0, 0.05) is 17.7 Å². The Morgan fingerprint density at radius 3 is 2.44 bits per heavy atom. The van der Waals surface area contributed by atoms with E-state index < -0.39 is 0 Å². The third kappa shape index (κ3) is 5.42. The van der Waals surface area contributed by atoms with E-state index in [0.717, 1.165) is 0 Å². The number of carbonyl (C=O) groups is 1. The van der Waals surface area contributed by atoms with Crippen LogP contribution in [-0.2, 0) is 4.79 Å². The summed E-state index contributed by atoms with van der Waals surface area (Å²) in [7, 11) is 4.69. The zero-order valence-corrected chi connectivity index (χ0v) is 14.3. The van der Waals surface area contributed by atoms with Gasteiger partial charge >= 0.3 is 0 Å². The minimum absolute atomic E-state index is 0.162. The van der Waals surface area contributed by atoms with Crippen LogP contribution >= 0.6 is 0 Å². The van der Waals surface area contributed by atoms with Gasteiger partial charge in [-0.2, -0.15) is 5.10 Å². The van der Waals surface area contributed by atoms with Crippen LogP contribution in [0, 0.1) is 0 Å². The van der Waals surface area contributed by atoms with Gasteiger partial charge in [0.1, 0.15) is 23.0 Å². The fraction of sp³-hybridized carbons (Fsp3) is 0.222. The molecule has 0 spiro atoms. The predicted octanol–water partition coefficient (Wildman–Crippen LogP) is 2.24. The van der Waals surface area contributed by atoms with Gasteiger partial charge in [0.05, 0.1) is 27.5 Å². The lowest BCUT2D eigenvalue weighted by Crippen LogP contribution is -2.24. The van der Waals surface area contributed by atoms with Gasteiger partial charge in [0.25, 0.3) is 5.91 Å². The number of nitrogens with zero attached hydrogens (tertiary/aromatic N) is 1. The molecule has 0 aromatic heterocycles. The quantitative estimate of drug-likeness (QED) is 0.587. The highest BCUT2D eigenvalue weighted by molar-refractivity contribution is 5.85. The number of nitrogens with one attached hydrogen (secondary N) is 1. The molecule has 0 saturated heterocycles. The van der Waals surface area contributed by atoms with Crippen LogP contribution in [0.2, 0.25) is 0 Å². The highest BCUT2D eigenvalue weighted by atomic mass is 16.5. The fourth-order valence-corrected chi connectivity index (χ4v) is 1.97. The maximum atomic E-state index is 11.8. The summed E-state index contributed by atoms with van der Waals surface area (Å²) < 4.78 is 20.8. The highest BCUT2D eigenvalue weighted by Crippen LogP contribution is 2.23. The molecule has 1 N–H and O–H groups in total. The van der Waals surface area contributed by atoms with Crippen LogP contribution in [0.4, 0.5) is 0 Å². The van der Waals surface area contributed by atoms with Crippen LogP contribution in [0.1, 0.15) is 5.56 Å². The van der Waals surface area contributed by atoms with E-state index in [1.54, 1.807) is 63.8 Å². The van der Waals surface area contributed by atoms with Gasteiger partial charge in [-0.25, -0.2) is 5.43 Å². The average molecular weight is 344 g/mol. The van der Waals surface area contributed by atoms with E-state index in [1.165, 1.54) is 6.21 Å². The summed E-state index contributed by atoms with van der Waals surface area (Å²) in [5, 5.41) is 3.90. The first kappa shape index (κ1) is 18.1. The first-order chi connectivity index (χ1) is 12.2. The molecule has 0 bridgehead atoms. The Hall–Kier alpha value is -3.22. The Kier molecular flexibility index (Phi) is 6.65. The number of rotatable bonds is 8. The largest absolute Gasteiger partial charge is 0.497 e. The average Bonchev–Trinajstić information content (AvgIpc) is 2.66. The predicted molar refractivity (Wildman–Crippen MR) is 93.8 cm³/mol. The van der Waals surface area contributed by atoms with Gasteiger partial charge < -0.3 is 18.9 Å². The van der Waals surface area contributed by atoms with Crippen LogP contribution < -0.4 is 24.4 Å². The molecule has 7 heteroatoms. The van der Waals surface area contributed by atoms with Crippen molar-refractivity contribution in [2.45, 2.75) is 0 Å². The molecule has 0 aliphatic heterocycles. The summed E-state index contributed by atoms with van der Waals surface area (Å²) in [4.78, 5) is 11.8. The molecule has 1 amide bonds. The number of carbonyl (C=O) groups excluding carboxylic acids is 1. The maximum Gasteiger partial charge on any atom is 0.277 e. The van der Waals surface area contributed by atoms with Crippen LogP contribution in [0.5, 0.6) is 23.0 Å². The molecule has 2 aromatic rings. The molecule has 0 unspecified atom stereocenters. The minimum atomic E-state index is -0.383. The first-order valence-electron chi connectivity index (χ1n) is 7.47. The number of methoxy groups -OCH3 is 3. The highest BCUT2D eigenvalue weighted by Gasteiger charge is 2.04. The van der Waals surface area contributed by atoms with E-state index in [9.17, 15) is 4.79 Å². The third-order valence-electron chi connectivity index (χ3n) is 3.24. The molecule has 25 heavy (non-hydrogen) atoms.